The van der Waals surface area contributed by atoms with Crippen LogP contribution < -0.4 is 16.0 Å². The molecule has 7 heteroatoms. The smallest absolute Gasteiger partial charge is 0.249 e. The molecule has 3 heterocycles. The number of anilines is 1. The van der Waals surface area contributed by atoms with Gasteiger partial charge in [-0.1, -0.05) is 6.07 Å². The molecule has 0 bridgehead atoms. The highest BCUT2D eigenvalue weighted by Gasteiger charge is 2.29. The van der Waals surface area contributed by atoms with E-state index in [4.69, 9.17) is 10.5 Å². The van der Waals surface area contributed by atoms with Crippen LogP contribution in [0.15, 0.2) is 18.3 Å². The lowest BCUT2D eigenvalue weighted by atomic mass is 10.1. The summed E-state index contributed by atoms with van der Waals surface area (Å²) in [5, 5.41) is 2.99. The average molecular weight is 333 g/mol. The Labute approximate surface area is 143 Å². The van der Waals surface area contributed by atoms with E-state index in [0.29, 0.717) is 13.1 Å². The van der Waals surface area contributed by atoms with Crippen LogP contribution in [-0.4, -0.2) is 67.8 Å². The number of carbonyl (C=O) groups excluding carboxylic acids is 1. The molecule has 1 aromatic rings. The van der Waals surface area contributed by atoms with Crippen LogP contribution in [0.1, 0.15) is 18.4 Å². The van der Waals surface area contributed by atoms with Crippen molar-refractivity contribution in [3.05, 3.63) is 23.9 Å². The normalized spacial score (nSPS) is 25.0. The molecule has 0 spiro atoms. The lowest BCUT2D eigenvalue weighted by Crippen LogP contribution is -2.45. The van der Waals surface area contributed by atoms with Crippen LogP contribution in [0, 0.1) is 0 Å². The van der Waals surface area contributed by atoms with Crippen LogP contribution in [-0.2, 0) is 16.1 Å². The number of likely N-dealkylation sites (N-methyl/N-ethyl adjacent to an activating group) is 1. The van der Waals surface area contributed by atoms with Crippen LogP contribution in [0.4, 0.5) is 5.82 Å². The van der Waals surface area contributed by atoms with Gasteiger partial charge in [-0.15, -0.1) is 0 Å². The first-order valence-corrected chi connectivity index (χ1v) is 8.68. The number of amides is 1. The third kappa shape index (κ3) is 4.03. The first kappa shape index (κ1) is 17.1. The quantitative estimate of drug-likeness (QED) is 0.786. The summed E-state index contributed by atoms with van der Waals surface area (Å²) >= 11 is 0. The molecule has 3 rings (SSSR count). The van der Waals surface area contributed by atoms with Gasteiger partial charge in [0.05, 0.1) is 6.10 Å². The number of nitrogens with one attached hydrogen (secondary N) is 1. The van der Waals surface area contributed by atoms with Crippen molar-refractivity contribution in [3.8, 4) is 0 Å². The fourth-order valence-corrected chi connectivity index (χ4v) is 3.24. The molecule has 0 radical (unpaired) electrons. The molecular formula is C17H27N5O2. The number of nitrogens with zero attached hydrogens (tertiary/aromatic N) is 3. The molecule has 132 valence electrons. The predicted octanol–water partition coefficient (Wildman–Crippen LogP) is -0.0441. The number of pyridine rings is 1. The number of rotatable bonds is 5. The van der Waals surface area contributed by atoms with Crippen molar-refractivity contribution in [3.63, 3.8) is 0 Å². The minimum atomic E-state index is -0.373. The van der Waals surface area contributed by atoms with Crippen LogP contribution >= 0.6 is 0 Å². The zero-order valence-electron chi connectivity index (χ0n) is 14.3. The van der Waals surface area contributed by atoms with E-state index in [-0.39, 0.29) is 18.1 Å². The summed E-state index contributed by atoms with van der Waals surface area (Å²) in [7, 11) is 2.13. The van der Waals surface area contributed by atoms with Gasteiger partial charge < -0.3 is 25.6 Å². The van der Waals surface area contributed by atoms with E-state index in [2.05, 4.69) is 27.1 Å². The van der Waals surface area contributed by atoms with E-state index >= 15 is 0 Å². The van der Waals surface area contributed by atoms with Crippen molar-refractivity contribution in [2.75, 3.05) is 44.7 Å². The summed E-state index contributed by atoms with van der Waals surface area (Å²) < 4.78 is 5.65. The van der Waals surface area contributed by atoms with Gasteiger partial charge in [0.1, 0.15) is 11.9 Å². The molecule has 0 unspecified atom stereocenters. The van der Waals surface area contributed by atoms with E-state index in [9.17, 15) is 4.79 Å². The number of carbonyl (C=O) groups is 1. The van der Waals surface area contributed by atoms with Crippen molar-refractivity contribution in [1.29, 1.82) is 0 Å². The average Bonchev–Trinajstić information content (AvgIpc) is 3.10. The zero-order chi connectivity index (χ0) is 16.9. The van der Waals surface area contributed by atoms with E-state index < -0.39 is 0 Å². The van der Waals surface area contributed by atoms with E-state index in [0.717, 1.165) is 50.4 Å². The van der Waals surface area contributed by atoms with Gasteiger partial charge >= 0.3 is 0 Å². The Hall–Kier alpha value is -1.70. The summed E-state index contributed by atoms with van der Waals surface area (Å²) in [4.78, 5) is 21.4. The molecule has 2 aliphatic heterocycles. The molecule has 2 fully saturated rings. The first-order valence-electron chi connectivity index (χ1n) is 8.68. The summed E-state index contributed by atoms with van der Waals surface area (Å²) in [6.07, 6.45) is 3.05. The van der Waals surface area contributed by atoms with Gasteiger partial charge in [-0.3, -0.25) is 4.79 Å². The van der Waals surface area contributed by atoms with Gasteiger partial charge in [-0.2, -0.15) is 0 Å². The predicted molar refractivity (Wildman–Crippen MR) is 92.7 cm³/mol. The van der Waals surface area contributed by atoms with Gasteiger partial charge in [0.25, 0.3) is 0 Å². The standard InChI is InChI=1S/C17H27N5O2/c1-21-7-9-22(10-8-21)16-13(3-2-6-19-16)12-20-17(23)15-5-4-14(11-18)24-15/h2-3,6,14-15H,4-5,7-12,18H2,1H3,(H,20,23)/t14-,15+/m1/s1. The second-order valence-electron chi connectivity index (χ2n) is 6.55. The highest BCUT2D eigenvalue weighted by Crippen LogP contribution is 2.21. The molecule has 2 aliphatic rings. The highest BCUT2D eigenvalue weighted by molar-refractivity contribution is 5.81. The number of hydrogen-bond donors (Lipinski definition) is 2. The van der Waals surface area contributed by atoms with E-state index in [1.54, 1.807) is 0 Å². The largest absolute Gasteiger partial charge is 0.364 e. The molecule has 0 aromatic carbocycles. The Morgan fingerprint density at radius 2 is 2.17 bits per heavy atom. The number of ether oxygens (including phenoxy) is 1. The summed E-state index contributed by atoms with van der Waals surface area (Å²) in [5.41, 5.74) is 6.64. The fourth-order valence-electron chi connectivity index (χ4n) is 3.24. The monoisotopic (exact) mass is 333 g/mol. The van der Waals surface area contributed by atoms with Crippen molar-refractivity contribution >= 4 is 11.7 Å². The van der Waals surface area contributed by atoms with Crippen molar-refractivity contribution < 1.29 is 9.53 Å². The van der Waals surface area contributed by atoms with Crippen LogP contribution in [0.3, 0.4) is 0 Å². The summed E-state index contributed by atoms with van der Waals surface area (Å²) in [6.45, 7) is 4.91. The second kappa shape index (κ2) is 7.92. The Balaban J connectivity index is 1.58. The summed E-state index contributed by atoms with van der Waals surface area (Å²) in [5.74, 6) is 0.914. The minimum Gasteiger partial charge on any atom is -0.364 e. The van der Waals surface area contributed by atoms with Gasteiger partial charge in [0.15, 0.2) is 0 Å². The van der Waals surface area contributed by atoms with E-state index in [1.165, 1.54) is 0 Å². The highest BCUT2D eigenvalue weighted by atomic mass is 16.5. The number of nitrogens with two attached hydrogens (primary N) is 1. The molecule has 1 amide bonds. The molecule has 24 heavy (non-hydrogen) atoms. The molecule has 2 atom stereocenters. The third-order valence-electron chi connectivity index (χ3n) is 4.79. The van der Waals surface area contributed by atoms with Crippen molar-refractivity contribution in [1.82, 2.24) is 15.2 Å². The number of aromatic nitrogens is 1. The Morgan fingerprint density at radius 1 is 1.38 bits per heavy atom. The molecule has 3 N–H and O–H groups in total. The number of piperazine rings is 1. The molecule has 2 saturated heterocycles. The van der Waals surface area contributed by atoms with E-state index in [1.807, 2.05) is 18.3 Å². The molecule has 7 nitrogen and oxygen atoms in total. The zero-order valence-corrected chi connectivity index (χ0v) is 14.3. The lowest BCUT2D eigenvalue weighted by Gasteiger charge is -2.34. The van der Waals surface area contributed by atoms with Gasteiger partial charge in [-0.05, 0) is 26.0 Å². The molecule has 0 saturated carbocycles. The summed E-state index contributed by atoms with van der Waals surface area (Å²) in [6, 6.07) is 3.94. The Bertz CT molecular complexity index is 560. The molecule has 0 aliphatic carbocycles. The number of hydrogen-bond acceptors (Lipinski definition) is 6. The maximum Gasteiger partial charge on any atom is 0.249 e. The van der Waals surface area contributed by atoms with Gasteiger partial charge in [0, 0.05) is 51.0 Å². The fraction of sp³-hybridized carbons (Fsp3) is 0.647. The lowest BCUT2D eigenvalue weighted by molar-refractivity contribution is -0.132. The van der Waals surface area contributed by atoms with Gasteiger partial charge in [0.2, 0.25) is 5.91 Å². The maximum atomic E-state index is 12.3. The Morgan fingerprint density at radius 3 is 2.88 bits per heavy atom. The van der Waals surface area contributed by atoms with Crippen LogP contribution in [0.2, 0.25) is 0 Å². The van der Waals surface area contributed by atoms with Crippen LogP contribution in [0.25, 0.3) is 0 Å². The molecule has 1 aromatic heterocycles. The Kier molecular flexibility index (Phi) is 5.65. The SMILES string of the molecule is CN1CCN(c2ncccc2CNC(=O)[C@@H]2CC[C@H](CN)O2)CC1. The van der Waals surface area contributed by atoms with Crippen molar-refractivity contribution in [2.45, 2.75) is 31.6 Å². The molecular weight excluding hydrogens is 306 g/mol. The second-order valence-corrected chi connectivity index (χ2v) is 6.55. The van der Waals surface area contributed by atoms with Crippen LogP contribution in [0.5, 0.6) is 0 Å². The van der Waals surface area contributed by atoms with Gasteiger partial charge in [-0.25, -0.2) is 4.98 Å². The third-order valence-corrected chi connectivity index (χ3v) is 4.79. The minimum absolute atomic E-state index is 0.0139. The maximum absolute atomic E-state index is 12.3. The van der Waals surface area contributed by atoms with Crippen molar-refractivity contribution in [2.24, 2.45) is 5.73 Å². The first-order chi connectivity index (χ1) is 11.7. The topological polar surface area (TPSA) is 83.7 Å².